The van der Waals surface area contributed by atoms with E-state index >= 15 is 0 Å². The van der Waals surface area contributed by atoms with Crippen molar-refractivity contribution < 1.29 is 19.1 Å². The minimum Gasteiger partial charge on any atom is -0.465 e. The maximum Gasteiger partial charge on any atom is 0.349 e. The topological polar surface area (TPSA) is 65.0 Å². The number of hydrogen-bond acceptors (Lipinski definition) is 5. The summed E-state index contributed by atoms with van der Waals surface area (Å²) in [5.41, 5.74) is 0.477. The van der Waals surface area contributed by atoms with Gasteiger partial charge < -0.3 is 9.47 Å². The van der Waals surface area contributed by atoms with Crippen LogP contribution >= 0.6 is 11.6 Å². The summed E-state index contributed by atoms with van der Waals surface area (Å²) in [6, 6.07) is 4.48. The van der Waals surface area contributed by atoms with E-state index in [1.54, 1.807) is 6.92 Å². The maximum absolute atomic E-state index is 11.5. The summed E-state index contributed by atoms with van der Waals surface area (Å²) in [6.07, 6.45) is 0.988. The van der Waals surface area contributed by atoms with Crippen molar-refractivity contribution in [3.8, 4) is 0 Å². The number of esters is 2. The van der Waals surface area contributed by atoms with Crippen LogP contribution in [0.15, 0.2) is 23.2 Å². The van der Waals surface area contributed by atoms with Crippen LogP contribution in [-0.2, 0) is 14.3 Å². The second-order valence-electron chi connectivity index (χ2n) is 3.16. The van der Waals surface area contributed by atoms with Gasteiger partial charge in [-0.15, -0.1) is 0 Å². The first-order chi connectivity index (χ1) is 8.58. The lowest BCUT2D eigenvalue weighted by molar-refractivity contribution is -0.134. The summed E-state index contributed by atoms with van der Waals surface area (Å²) < 4.78 is 9.28. The molecule has 0 spiro atoms. The first-order valence-corrected chi connectivity index (χ1v) is 5.55. The molecular formula is C12H12ClNO4. The molecule has 0 amide bonds. The summed E-state index contributed by atoms with van der Waals surface area (Å²) in [6.45, 7) is 1.94. The van der Waals surface area contributed by atoms with Crippen LogP contribution in [0.3, 0.4) is 0 Å². The van der Waals surface area contributed by atoms with Crippen molar-refractivity contribution in [2.45, 2.75) is 6.92 Å². The number of rotatable bonds is 4. The van der Waals surface area contributed by atoms with Crippen molar-refractivity contribution >= 4 is 35.4 Å². The van der Waals surface area contributed by atoms with Gasteiger partial charge in [0.1, 0.15) is 6.21 Å². The standard InChI is InChI=1S/C12H12ClNO4/c1-3-18-11(15)7-14-10-6-8(13)4-5-9(10)12(16)17-2/h4-7H,3H2,1-2H3/b14-7+. The number of benzene rings is 1. The summed E-state index contributed by atoms with van der Waals surface area (Å²) >= 11 is 5.80. The highest BCUT2D eigenvalue weighted by molar-refractivity contribution is 6.31. The highest BCUT2D eigenvalue weighted by Gasteiger charge is 2.11. The summed E-state index contributed by atoms with van der Waals surface area (Å²) in [4.78, 5) is 26.5. The molecule has 0 aromatic heterocycles. The largest absolute Gasteiger partial charge is 0.465 e. The Morgan fingerprint density at radius 1 is 1.44 bits per heavy atom. The van der Waals surface area contributed by atoms with Gasteiger partial charge in [-0.05, 0) is 25.1 Å². The molecule has 0 fully saturated rings. The number of hydrogen-bond donors (Lipinski definition) is 0. The zero-order valence-electron chi connectivity index (χ0n) is 9.97. The molecule has 1 aromatic carbocycles. The predicted octanol–water partition coefficient (Wildman–Crippen LogP) is 2.39. The van der Waals surface area contributed by atoms with Gasteiger partial charge in [0.2, 0.25) is 0 Å². The normalized spacial score (nSPS) is 10.4. The van der Waals surface area contributed by atoms with Crippen LogP contribution in [-0.4, -0.2) is 31.9 Å². The summed E-state index contributed by atoms with van der Waals surface area (Å²) in [5.74, 6) is -1.14. The lowest BCUT2D eigenvalue weighted by atomic mass is 10.2. The molecule has 0 heterocycles. The molecule has 96 valence electrons. The van der Waals surface area contributed by atoms with Crippen LogP contribution < -0.4 is 0 Å². The minimum absolute atomic E-state index is 0.224. The quantitative estimate of drug-likeness (QED) is 0.622. The van der Waals surface area contributed by atoms with E-state index in [4.69, 9.17) is 11.6 Å². The fourth-order valence-corrected chi connectivity index (χ4v) is 1.36. The smallest absolute Gasteiger partial charge is 0.349 e. The second kappa shape index (κ2) is 6.76. The first kappa shape index (κ1) is 14.2. The van der Waals surface area contributed by atoms with Gasteiger partial charge in [0.05, 0.1) is 25.0 Å². The van der Waals surface area contributed by atoms with Crippen molar-refractivity contribution in [3.05, 3.63) is 28.8 Å². The number of nitrogens with zero attached hydrogens (tertiary/aromatic N) is 1. The molecule has 0 aliphatic heterocycles. The fourth-order valence-electron chi connectivity index (χ4n) is 1.20. The van der Waals surface area contributed by atoms with Gasteiger partial charge in [-0.25, -0.2) is 14.6 Å². The second-order valence-corrected chi connectivity index (χ2v) is 3.60. The number of methoxy groups -OCH3 is 1. The molecule has 0 saturated carbocycles. The Morgan fingerprint density at radius 3 is 2.78 bits per heavy atom. The van der Waals surface area contributed by atoms with Gasteiger partial charge in [-0.2, -0.15) is 0 Å². The minimum atomic E-state index is -0.590. The Labute approximate surface area is 109 Å². The van der Waals surface area contributed by atoms with Crippen LogP contribution in [0.25, 0.3) is 0 Å². The number of carbonyl (C=O) groups excluding carboxylic acids is 2. The third kappa shape index (κ3) is 3.85. The zero-order valence-corrected chi connectivity index (χ0v) is 10.7. The molecule has 1 rings (SSSR count). The first-order valence-electron chi connectivity index (χ1n) is 5.17. The van der Waals surface area contributed by atoms with E-state index in [9.17, 15) is 9.59 Å². The Balaban J connectivity index is 3.02. The number of halogens is 1. The Bertz CT molecular complexity index is 485. The molecule has 0 saturated heterocycles. The number of carbonyl (C=O) groups is 2. The monoisotopic (exact) mass is 269 g/mol. The van der Waals surface area contributed by atoms with Crippen molar-refractivity contribution in [2.24, 2.45) is 4.99 Å². The molecule has 6 heteroatoms. The van der Waals surface area contributed by atoms with Crippen LogP contribution in [0.2, 0.25) is 5.02 Å². The zero-order chi connectivity index (χ0) is 13.5. The Morgan fingerprint density at radius 2 is 2.17 bits per heavy atom. The molecule has 1 aromatic rings. The van der Waals surface area contributed by atoms with Crippen LogP contribution in [0.1, 0.15) is 17.3 Å². The Kier molecular flexibility index (Phi) is 5.32. The van der Waals surface area contributed by atoms with Crippen LogP contribution in [0, 0.1) is 0 Å². The van der Waals surface area contributed by atoms with Gasteiger partial charge in [-0.3, -0.25) is 0 Å². The van der Waals surface area contributed by atoms with Crippen molar-refractivity contribution in [3.63, 3.8) is 0 Å². The van der Waals surface area contributed by atoms with E-state index in [0.717, 1.165) is 6.21 Å². The SMILES string of the molecule is CCOC(=O)/C=N/c1cc(Cl)ccc1C(=O)OC. The highest BCUT2D eigenvalue weighted by Crippen LogP contribution is 2.24. The number of aliphatic imine (C=N–C) groups is 1. The van der Waals surface area contributed by atoms with Gasteiger partial charge in [-0.1, -0.05) is 11.6 Å². The number of ether oxygens (including phenoxy) is 2. The van der Waals surface area contributed by atoms with E-state index in [1.807, 2.05) is 0 Å². The van der Waals surface area contributed by atoms with Crippen molar-refractivity contribution in [2.75, 3.05) is 13.7 Å². The van der Waals surface area contributed by atoms with E-state index in [2.05, 4.69) is 14.5 Å². The molecule has 0 bridgehead atoms. The van der Waals surface area contributed by atoms with Gasteiger partial charge in [0, 0.05) is 5.02 Å². The third-order valence-electron chi connectivity index (χ3n) is 1.96. The lowest BCUT2D eigenvalue weighted by Crippen LogP contribution is -2.05. The van der Waals surface area contributed by atoms with E-state index in [1.165, 1.54) is 25.3 Å². The summed E-state index contributed by atoms with van der Waals surface area (Å²) in [5, 5.41) is 0.402. The van der Waals surface area contributed by atoms with Gasteiger partial charge in [0.15, 0.2) is 0 Å². The molecule has 0 N–H and O–H groups in total. The molecular weight excluding hydrogens is 258 g/mol. The van der Waals surface area contributed by atoms with E-state index in [0.29, 0.717) is 5.02 Å². The molecule has 0 aliphatic carbocycles. The van der Waals surface area contributed by atoms with Crippen LogP contribution in [0.4, 0.5) is 5.69 Å². The Hall–Kier alpha value is -1.88. The molecule has 0 atom stereocenters. The molecule has 18 heavy (non-hydrogen) atoms. The van der Waals surface area contributed by atoms with E-state index in [-0.39, 0.29) is 17.9 Å². The highest BCUT2D eigenvalue weighted by atomic mass is 35.5. The molecule has 0 unspecified atom stereocenters. The fraction of sp³-hybridized carbons (Fsp3) is 0.250. The van der Waals surface area contributed by atoms with Crippen molar-refractivity contribution in [1.82, 2.24) is 0 Å². The average Bonchev–Trinajstić information content (AvgIpc) is 2.36. The van der Waals surface area contributed by atoms with Crippen molar-refractivity contribution in [1.29, 1.82) is 0 Å². The van der Waals surface area contributed by atoms with E-state index < -0.39 is 11.9 Å². The predicted molar refractivity (Wildman–Crippen MR) is 67.6 cm³/mol. The lowest BCUT2D eigenvalue weighted by Gasteiger charge is -2.03. The molecule has 5 nitrogen and oxygen atoms in total. The van der Waals surface area contributed by atoms with Gasteiger partial charge in [0.25, 0.3) is 0 Å². The third-order valence-corrected chi connectivity index (χ3v) is 2.20. The average molecular weight is 270 g/mol. The molecule has 0 aliphatic rings. The van der Waals surface area contributed by atoms with Crippen LogP contribution in [0.5, 0.6) is 0 Å². The van der Waals surface area contributed by atoms with Gasteiger partial charge >= 0.3 is 11.9 Å². The molecule has 0 radical (unpaired) electrons. The summed E-state index contributed by atoms with van der Waals surface area (Å²) in [7, 11) is 1.26. The maximum atomic E-state index is 11.5.